The highest BCUT2D eigenvalue weighted by molar-refractivity contribution is 4.91. The van der Waals surface area contributed by atoms with Crippen LogP contribution in [-0.2, 0) is 13.6 Å². The molecule has 7 heteroatoms. The molecule has 1 heterocycles. The van der Waals surface area contributed by atoms with E-state index in [-0.39, 0.29) is 0 Å². The van der Waals surface area contributed by atoms with Crippen molar-refractivity contribution < 1.29 is 13.2 Å². The third-order valence-corrected chi connectivity index (χ3v) is 1.95. The molecule has 82 valence electrons. The van der Waals surface area contributed by atoms with Crippen molar-refractivity contribution in [1.29, 1.82) is 5.26 Å². The van der Waals surface area contributed by atoms with Crippen LogP contribution in [0.2, 0.25) is 0 Å². The number of aryl methyl sites for hydroxylation is 1. The van der Waals surface area contributed by atoms with Crippen LogP contribution in [0.5, 0.6) is 0 Å². The van der Waals surface area contributed by atoms with Gasteiger partial charge in [0, 0.05) is 19.4 Å². The fraction of sp³-hybridized carbons (Fsp3) is 0.500. The van der Waals surface area contributed by atoms with E-state index in [1.165, 1.54) is 19.4 Å². The highest BCUT2D eigenvalue weighted by atomic mass is 19.4. The number of nitriles is 1. The van der Waals surface area contributed by atoms with Crippen molar-refractivity contribution in [3.63, 3.8) is 0 Å². The Kier molecular flexibility index (Phi) is 2.88. The van der Waals surface area contributed by atoms with E-state index >= 15 is 0 Å². The molecule has 0 bridgehead atoms. The Balaban J connectivity index is 2.91. The lowest BCUT2D eigenvalue weighted by atomic mass is 10.1. The standard InChI is InChI=1S/C8H8F3N3O/c1-13-2-3-14(7(13)15)5-6(4-12)8(9,10)11/h2-3,6H,5H2,1H3. The Morgan fingerprint density at radius 3 is 2.47 bits per heavy atom. The molecule has 15 heavy (non-hydrogen) atoms. The van der Waals surface area contributed by atoms with E-state index in [0.29, 0.717) is 0 Å². The van der Waals surface area contributed by atoms with Crippen molar-refractivity contribution in [1.82, 2.24) is 9.13 Å². The van der Waals surface area contributed by atoms with Crippen molar-refractivity contribution in [2.75, 3.05) is 0 Å². The third-order valence-electron chi connectivity index (χ3n) is 1.95. The van der Waals surface area contributed by atoms with E-state index in [1.54, 1.807) is 0 Å². The van der Waals surface area contributed by atoms with Gasteiger partial charge in [-0.3, -0.25) is 4.57 Å². The minimum absolute atomic E-state index is 0.570. The highest BCUT2D eigenvalue weighted by Crippen LogP contribution is 2.26. The number of nitrogens with zero attached hydrogens (tertiary/aromatic N) is 3. The molecule has 0 saturated heterocycles. The van der Waals surface area contributed by atoms with Crippen LogP contribution in [0.15, 0.2) is 17.2 Å². The molecular formula is C8H8F3N3O. The number of imidazole rings is 1. The molecule has 0 radical (unpaired) electrons. The first-order valence-electron chi connectivity index (χ1n) is 4.04. The minimum Gasteiger partial charge on any atom is -0.302 e. The van der Waals surface area contributed by atoms with Gasteiger partial charge in [-0.15, -0.1) is 0 Å². The lowest BCUT2D eigenvalue weighted by Gasteiger charge is -2.12. The van der Waals surface area contributed by atoms with Crippen molar-refractivity contribution in [2.24, 2.45) is 13.0 Å². The molecule has 4 nitrogen and oxygen atoms in total. The smallest absolute Gasteiger partial charge is 0.302 e. The maximum absolute atomic E-state index is 12.2. The Morgan fingerprint density at radius 1 is 1.53 bits per heavy atom. The largest absolute Gasteiger partial charge is 0.406 e. The van der Waals surface area contributed by atoms with Crippen LogP contribution in [0, 0.1) is 17.2 Å². The van der Waals surface area contributed by atoms with Crippen LogP contribution in [-0.4, -0.2) is 15.3 Å². The molecule has 1 aromatic rings. The van der Waals surface area contributed by atoms with Crippen LogP contribution < -0.4 is 5.69 Å². The number of hydrogen-bond donors (Lipinski definition) is 0. The fourth-order valence-corrected chi connectivity index (χ4v) is 1.06. The van der Waals surface area contributed by atoms with Gasteiger partial charge in [-0.25, -0.2) is 4.79 Å². The zero-order chi connectivity index (χ0) is 11.6. The van der Waals surface area contributed by atoms with E-state index in [9.17, 15) is 18.0 Å². The Labute approximate surface area is 83.2 Å². The van der Waals surface area contributed by atoms with E-state index in [1.807, 2.05) is 0 Å². The second kappa shape index (κ2) is 3.81. The van der Waals surface area contributed by atoms with Crippen LogP contribution in [0.25, 0.3) is 0 Å². The second-order valence-electron chi connectivity index (χ2n) is 3.07. The molecule has 0 aromatic carbocycles. The molecule has 0 amide bonds. The molecule has 0 saturated carbocycles. The summed E-state index contributed by atoms with van der Waals surface area (Å²) in [5, 5.41) is 8.33. The lowest BCUT2D eigenvalue weighted by Crippen LogP contribution is -2.31. The number of rotatable bonds is 2. The van der Waals surface area contributed by atoms with E-state index in [4.69, 9.17) is 5.26 Å². The molecule has 1 rings (SSSR count). The van der Waals surface area contributed by atoms with Crippen molar-refractivity contribution in [3.8, 4) is 6.07 Å². The Hall–Kier alpha value is -1.71. The Morgan fingerprint density at radius 2 is 2.13 bits per heavy atom. The first-order valence-corrected chi connectivity index (χ1v) is 4.04. The van der Waals surface area contributed by atoms with Gasteiger partial charge in [-0.05, 0) is 0 Å². The molecule has 1 atom stereocenters. The van der Waals surface area contributed by atoms with E-state index in [2.05, 4.69) is 0 Å². The molecule has 0 spiro atoms. The van der Waals surface area contributed by atoms with Gasteiger partial charge in [0.1, 0.15) is 0 Å². The third kappa shape index (κ3) is 2.40. The molecule has 0 fully saturated rings. The van der Waals surface area contributed by atoms with Gasteiger partial charge in [0.25, 0.3) is 0 Å². The number of alkyl halides is 3. The van der Waals surface area contributed by atoms with Crippen LogP contribution >= 0.6 is 0 Å². The van der Waals surface area contributed by atoms with Gasteiger partial charge in [-0.1, -0.05) is 0 Å². The molecule has 0 N–H and O–H groups in total. The first kappa shape index (κ1) is 11.4. The predicted octanol–water partition coefficient (Wildman–Crippen LogP) is 0.889. The summed E-state index contributed by atoms with van der Waals surface area (Å²) in [4.78, 5) is 11.2. The maximum Gasteiger partial charge on any atom is 0.406 e. The van der Waals surface area contributed by atoms with Gasteiger partial charge in [0.2, 0.25) is 0 Å². The van der Waals surface area contributed by atoms with Crippen molar-refractivity contribution >= 4 is 0 Å². The molecule has 1 unspecified atom stereocenters. The summed E-state index contributed by atoms with van der Waals surface area (Å²) < 4.78 is 38.6. The summed E-state index contributed by atoms with van der Waals surface area (Å²) in [7, 11) is 1.42. The zero-order valence-corrected chi connectivity index (χ0v) is 7.82. The summed E-state index contributed by atoms with van der Waals surface area (Å²) in [6.45, 7) is -0.667. The second-order valence-corrected chi connectivity index (χ2v) is 3.07. The summed E-state index contributed by atoms with van der Waals surface area (Å²) in [6.07, 6.45) is -2.05. The van der Waals surface area contributed by atoms with E-state index in [0.717, 1.165) is 15.2 Å². The lowest BCUT2D eigenvalue weighted by molar-refractivity contribution is -0.162. The normalized spacial score (nSPS) is 13.5. The van der Waals surface area contributed by atoms with Crippen molar-refractivity contribution in [2.45, 2.75) is 12.7 Å². The van der Waals surface area contributed by atoms with Crippen LogP contribution in [0.3, 0.4) is 0 Å². The van der Waals surface area contributed by atoms with Crippen LogP contribution in [0.4, 0.5) is 13.2 Å². The molecular weight excluding hydrogens is 211 g/mol. The van der Waals surface area contributed by atoms with Crippen LogP contribution in [0.1, 0.15) is 0 Å². The van der Waals surface area contributed by atoms with Gasteiger partial charge in [0.05, 0.1) is 12.6 Å². The monoisotopic (exact) mass is 219 g/mol. The van der Waals surface area contributed by atoms with Gasteiger partial charge < -0.3 is 4.57 Å². The average Bonchev–Trinajstić information content (AvgIpc) is 2.43. The number of halogens is 3. The summed E-state index contributed by atoms with van der Waals surface area (Å²) >= 11 is 0. The number of hydrogen-bond acceptors (Lipinski definition) is 2. The SMILES string of the molecule is Cn1ccn(CC(C#N)C(F)(F)F)c1=O. The maximum atomic E-state index is 12.2. The summed E-state index contributed by atoms with van der Waals surface area (Å²) in [5.41, 5.74) is -0.570. The van der Waals surface area contributed by atoms with Gasteiger partial charge in [0.15, 0.2) is 5.92 Å². The quantitative estimate of drug-likeness (QED) is 0.741. The highest BCUT2D eigenvalue weighted by Gasteiger charge is 2.40. The first-order chi connectivity index (χ1) is 6.86. The minimum atomic E-state index is -4.61. The average molecular weight is 219 g/mol. The van der Waals surface area contributed by atoms with Gasteiger partial charge >= 0.3 is 11.9 Å². The molecule has 0 aliphatic rings. The predicted molar refractivity (Wildman–Crippen MR) is 44.8 cm³/mol. The molecule has 0 aliphatic carbocycles. The molecule has 0 aliphatic heterocycles. The van der Waals surface area contributed by atoms with Crippen molar-refractivity contribution in [3.05, 3.63) is 22.9 Å². The summed E-state index contributed by atoms with van der Waals surface area (Å²) in [6, 6.07) is 1.13. The fourth-order valence-electron chi connectivity index (χ4n) is 1.06. The summed E-state index contributed by atoms with van der Waals surface area (Å²) in [5.74, 6) is -2.16. The zero-order valence-electron chi connectivity index (χ0n) is 7.82. The van der Waals surface area contributed by atoms with E-state index < -0.39 is 24.3 Å². The topological polar surface area (TPSA) is 50.7 Å². The van der Waals surface area contributed by atoms with Gasteiger partial charge in [-0.2, -0.15) is 18.4 Å². The Bertz CT molecular complexity index is 437. The number of aromatic nitrogens is 2. The molecule has 1 aromatic heterocycles.